The van der Waals surface area contributed by atoms with E-state index in [4.69, 9.17) is 4.84 Å². The quantitative estimate of drug-likeness (QED) is 0.796. The van der Waals surface area contributed by atoms with Crippen molar-refractivity contribution >= 4 is 29.2 Å². The molecule has 0 radical (unpaired) electrons. The molecule has 0 atom stereocenters. The monoisotopic (exact) mass is 269 g/mol. The molecule has 2 aromatic rings. The molecule has 20 heavy (non-hydrogen) atoms. The maximum Gasteiger partial charge on any atom is 0.259 e. The lowest BCUT2D eigenvalue weighted by atomic mass is 10.2. The van der Waals surface area contributed by atoms with Gasteiger partial charge >= 0.3 is 0 Å². The fourth-order valence-electron chi connectivity index (χ4n) is 2.04. The lowest BCUT2D eigenvalue weighted by Crippen LogP contribution is -2.31. The van der Waals surface area contributed by atoms with Crippen LogP contribution in [0.15, 0.2) is 34.1 Å². The zero-order valence-corrected chi connectivity index (χ0v) is 11.4. The normalized spacial score (nSPS) is 17.1. The van der Waals surface area contributed by atoms with Crippen molar-refractivity contribution in [1.29, 1.82) is 0 Å². The smallest absolute Gasteiger partial charge is 0.259 e. The maximum absolute atomic E-state index is 12.1. The van der Waals surface area contributed by atoms with Crippen LogP contribution in [0.25, 0.3) is 23.3 Å². The fraction of sp³-hybridized carbons (Fsp3) is 0.200. The molecule has 1 aliphatic heterocycles. The molecule has 0 aliphatic carbocycles. The SMILES string of the molecule is C=c1ccc2cc(=C3N=C(C(C)C)ON3)c(=O)[nH]c2c1. The van der Waals surface area contributed by atoms with Crippen LogP contribution in [0.5, 0.6) is 0 Å². The minimum absolute atomic E-state index is 0.160. The number of hydrogen-bond donors (Lipinski definition) is 2. The van der Waals surface area contributed by atoms with Gasteiger partial charge in [0.1, 0.15) is 0 Å². The first-order chi connectivity index (χ1) is 9.54. The molecule has 0 unspecified atom stereocenters. The van der Waals surface area contributed by atoms with Crippen LogP contribution < -0.4 is 21.5 Å². The Morgan fingerprint density at radius 2 is 2.10 bits per heavy atom. The molecular weight excluding hydrogens is 254 g/mol. The van der Waals surface area contributed by atoms with Crippen molar-refractivity contribution in [3.63, 3.8) is 0 Å². The fourth-order valence-corrected chi connectivity index (χ4v) is 2.04. The summed E-state index contributed by atoms with van der Waals surface area (Å²) in [5, 5.41) is 2.25. The molecule has 5 nitrogen and oxygen atoms in total. The summed E-state index contributed by atoms with van der Waals surface area (Å²) in [6, 6.07) is 7.45. The predicted octanol–water partition coefficient (Wildman–Crippen LogP) is 0.593. The third kappa shape index (κ3) is 2.07. The first-order valence-electron chi connectivity index (χ1n) is 6.42. The van der Waals surface area contributed by atoms with Crippen LogP contribution in [0.2, 0.25) is 0 Å². The molecule has 0 bridgehead atoms. The van der Waals surface area contributed by atoms with Gasteiger partial charge in [0.2, 0.25) is 5.90 Å². The van der Waals surface area contributed by atoms with Gasteiger partial charge in [-0.3, -0.25) is 4.79 Å². The number of aliphatic imine (C=N–C) groups is 1. The summed E-state index contributed by atoms with van der Waals surface area (Å²) >= 11 is 0. The van der Waals surface area contributed by atoms with Crippen molar-refractivity contribution in [2.75, 3.05) is 0 Å². The highest BCUT2D eigenvalue weighted by Gasteiger charge is 2.17. The minimum atomic E-state index is -0.206. The van der Waals surface area contributed by atoms with Crippen LogP contribution >= 0.6 is 0 Å². The van der Waals surface area contributed by atoms with E-state index in [0.717, 1.165) is 16.1 Å². The van der Waals surface area contributed by atoms with E-state index in [1.54, 1.807) is 6.07 Å². The Hall–Kier alpha value is -2.56. The number of aromatic nitrogens is 1. The van der Waals surface area contributed by atoms with Gasteiger partial charge in [0.15, 0.2) is 5.82 Å². The molecule has 0 amide bonds. The second-order valence-electron chi connectivity index (χ2n) is 5.09. The van der Waals surface area contributed by atoms with Gasteiger partial charge in [-0.15, -0.1) is 0 Å². The van der Waals surface area contributed by atoms with Crippen LogP contribution in [-0.4, -0.2) is 10.9 Å². The van der Waals surface area contributed by atoms with E-state index in [9.17, 15) is 4.79 Å². The Morgan fingerprint density at radius 1 is 1.30 bits per heavy atom. The van der Waals surface area contributed by atoms with Crippen LogP contribution in [-0.2, 0) is 4.84 Å². The number of aromatic amines is 1. The van der Waals surface area contributed by atoms with Crippen molar-refractivity contribution in [2.45, 2.75) is 13.8 Å². The number of nitrogens with one attached hydrogen (secondary N) is 2. The Morgan fingerprint density at radius 3 is 2.80 bits per heavy atom. The third-order valence-electron chi connectivity index (χ3n) is 3.13. The van der Waals surface area contributed by atoms with E-state index in [0.29, 0.717) is 16.9 Å². The third-order valence-corrected chi connectivity index (χ3v) is 3.13. The van der Waals surface area contributed by atoms with Crippen LogP contribution in [0.1, 0.15) is 13.8 Å². The average molecular weight is 269 g/mol. The second-order valence-corrected chi connectivity index (χ2v) is 5.09. The maximum atomic E-state index is 12.1. The molecule has 0 saturated heterocycles. The van der Waals surface area contributed by atoms with Crippen molar-refractivity contribution in [3.8, 4) is 0 Å². The lowest BCUT2D eigenvalue weighted by molar-refractivity contribution is 0.239. The molecule has 1 aromatic heterocycles. The molecule has 2 heterocycles. The van der Waals surface area contributed by atoms with Gasteiger partial charge in [0, 0.05) is 11.4 Å². The summed E-state index contributed by atoms with van der Waals surface area (Å²) in [4.78, 5) is 24.6. The number of nitrogens with zero attached hydrogens (tertiary/aromatic N) is 1. The van der Waals surface area contributed by atoms with Crippen molar-refractivity contribution in [3.05, 3.63) is 45.1 Å². The Labute approximate surface area is 115 Å². The van der Waals surface area contributed by atoms with Crippen LogP contribution in [0, 0.1) is 5.92 Å². The van der Waals surface area contributed by atoms with Gasteiger partial charge in [-0.2, -0.15) is 4.99 Å². The zero-order valence-electron chi connectivity index (χ0n) is 11.4. The number of benzene rings is 1. The molecule has 0 saturated carbocycles. The summed E-state index contributed by atoms with van der Waals surface area (Å²) in [6.07, 6.45) is 0. The van der Waals surface area contributed by atoms with E-state index >= 15 is 0 Å². The van der Waals surface area contributed by atoms with E-state index in [-0.39, 0.29) is 11.5 Å². The highest BCUT2D eigenvalue weighted by Crippen LogP contribution is 2.09. The first kappa shape index (κ1) is 12.5. The molecular formula is C15H15N3O2. The van der Waals surface area contributed by atoms with E-state index < -0.39 is 0 Å². The Balaban J connectivity index is 2.28. The highest BCUT2D eigenvalue weighted by molar-refractivity contribution is 5.85. The molecule has 2 N–H and O–H groups in total. The molecule has 0 spiro atoms. The summed E-state index contributed by atoms with van der Waals surface area (Å²) in [5.74, 6) is 1.18. The molecule has 5 heteroatoms. The first-order valence-corrected chi connectivity index (χ1v) is 6.42. The topological polar surface area (TPSA) is 66.5 Å². The predicted molar refractivity (Wildman–Crippen MR) is 79.2 cm³/mol. The number of hydrogen-bond acceptors (Lipinski definition) is 4. The van der Waals surface area contributed by atoms with Crippen LogP contribution in [0.3, 0.4) is 0 Å². The van der Waals surface area contributed by atoms with Crippen molar-refractivity contribution < 1.29 is 4.84 Å². The zero-order chi connectivity index (χ0) is 14.3. The standard InChI is InChI=1S/C15H15N3O2/c1-8(2)15-17-13(18-20-15)11-7-10-5-4-9(3)6-12(10)16-14(11)19/h4-8,18H,3H2,1-2H3,(H,16,19). The van der Waals surface area contributed by atoms with Gasteiger partial charge in [0.05, 0.1) is 5.22 Å². The number of rotatable bonds is 1. The average Bonchev–Trinajstić information content (AvgIpc) is 2.87. The van der Waals surface area contributed by atoms with Gasteiger partial charge < -0.3 is 9.82 Å². The minimum Gasteiger partial charge on any atom is -0.365 e. The molecule has 0 fully saturated rings. The summed E-state index contributed by atoms with van der Waals surface area (Å²) < 4.78 is 0. The second kappa shape index (κ2) is 4.52. The largest absolute Gasteiger partial charge is 0.365 e. The molecule has 1 aliphatic rings. The lowest BCUT2D eigenvalue weighted by Gasteiger charge is -2.01. The summed E-state index contributed by atoms with van der Waals surface area (Å²) in [7, 11) is 0. The van der Waals surface area contributed by atoms with Crippen molar-refractivity contribution in [2.24, 2.45) is 10.9 Å². The van der Waals surface area contributed by atoms with Gasteiger partial charge in [-0.25, -0.2) is 5.48 Å². The number of H-pyrrole nitrogens is 1. The number of pyridine rings is 1. The van der Waals surface area contributed by atoms with Gasteiger partial charge in [-0.1, -0.05) is 32.6 Å². The Kier molecular flexibility index (Phi) is 2.82. The van der Waals surface area contributed by atoms with Crippen LogP contribution in [0.4, 0.5) is 0 Å². The summed E-state index contributed by atoms with van der Waals surface area (Å²) in [6.45, 7) is 7.80. The van der Waals surface area contributed by atoms with E-state index in [2.05, 4.69) is 22.0 Å². The van der Waals surface area contributed by atoms with E-state index in [1.807, 2.05) is 32.0 Å². The molecule has 3 rings (SSSR count). The van der Waals surface area contributed by atoms with Gasteiger partial charge in [0.25, 0.3) is 5.56 Å². The number of hydroxylamine groups is 1. The highest BCUT2D eigenvalue weighted by atomic mass is 16.7. The van der Waals surface area contributed by atoms with E-state index in [1.165, 1.54) is 0 Å². The Bertz CT molecular complexity index is 878. The summed E-state index contributed by atoms with van der Waals surface area (Å²) in [5.41, 5.74) is 3.26. The number of fused-ring (bicyclic) bond motifs is 1. The van der Waals surface area contributed by atoms with Gasteiger partial charge in [-0.05, 0) is 22.7 Å². The van der Waals surface area contributed by atoms with Crippen molar-refractivity contribution in [1.82, 2.24) is 10.5 Å². The molecule has 1 aromatic carbocycles. The molecule has 102 valence electrons.